The zero-order valence-electron chi connectivity index (χ0n) is 14.8. The molecule has 1 heterocycles. The van der Waals surface area contributed by atoms with Crippen LogP contribution in [0.15, 0.2) is 69.4 Å². The topological polar surface area (TPSA) is 52.6 Å². The van der Waals surface area contributed by atoms with Crippen molar-refractivity contribution < 1.29 is 19.1 Å². The van der Waals surface area contributed by atoms with Gasteiger partial charge >= 0.3 is 167 Å². The van der Waals surface area contributed by atoms with Crippen molar-refractivity contribution in [2.24, 2.45) is 0 Å². The van der Waals surface area contributed by atoms with E-state index in [-0.39, 0.29) is 5.92 Å². The van der Waals surface area contributed by atoms with Gasteiger partial charge in [0.1, 0.15) is 0 Å². The van der Waals surface area contributed by atoms with Gasteiger partial charge in [0.25, 0.3) is 0 Å². The Labute approximate surface area is 166 Å². The van der Waals surface area contributed by atoms with E-state index >= 15 is 0 Å². The molecule has 0 N–H and O–H groups in total. The van der Waals surface area contributed by atoms with Crippen molar-refractivity contribution in [3.8, 4) is 0 Å². The molecule has 3 aliphatic carbocycles. The van der Waals surface area contributed by atoms with Crippen molar-refractivity contribution in [1.29, 1.82) is 0 Å². The Morgan fingerprint density at radius 2 is 1.44 bits per heavy atom. The van der Waals surface area contributed by atoms with Crippen LogP contribution in [0.1, 0.15) is 28.2 Å². The van der Waals surface area contributed by atoms with E-state index in [0.717, 1.165) is 5.57 Å². The Morgan fingerprint density at radius 1 is 0.889 bits per heavy atom. The van der Waals surface area contributed by atoms with Crippen molar-refractivity contribution in [3.63, 3.8) is 0 Å². The number of benzene rings is 2. The van der Waals surface area contributed by atoms with E-state index in [0.29, 0.717) is 9.19 Å². The summed E-state index contributed by atoms with van der Waals surface area (Å²) in [5.41, 5.74) is 6.31. The number of carbonyl (C=O) groups excluding carboxylic acids is 2. The number of ether oxygens (including phenoxy) is 2. The summed E-state index contributed by atoms with van der Waals surface area (Å²) in [7, 11) is 2.73. The fourth-order valence-electron chi connectivity index (χ4n) is 4.54. The van der Waals surface area contributed by atoms with Crippen LogP contribution in [0.2, 0.25) is 0 Å². The number of rotatable bonds is 2. The molecule has 0 unspecified atom stereocenters. The maximum atomic E-state index is 12.7. The zero-order valence-corrected chi connectivity index (χ0v) is 17.1. The molecule has 2 bridgehead atoms. The van der Waals surface area contributed by atoms with Crippen LogP contribution in [0.5, 0.6) is 0 Å². The first-order chi connectivity index (χ1) is 13.1. The van der Waals surface area contributed by atoms with Crippen LogP contribution in [-0.2, 0) is 22.5 Å². The fourth-order valence-corrected chi connectivity index (χ4v) is 9.22. The number of hydrogen-bond donors (Lipinski definition) is 0. The zero-order chi connectivity index (χ0) is 18.8. The second-order valence-electron chi connectivity index (χ2n) is 6.70. The monoisotopic (exact) mass is 474 g/mol. The molecule has 2 aromatic carbocycles. The van der Waals surface area contributed by atoms with Crippen molar-refractivity contribution in [3.05, 3.63) is 91.6 Å². The first-order valence-electron chi connectivity index (χ1n) is 8.65. The number of methoxy groups -OCH3 is 2. The number of allylic oxidation sites excluding steroid dienone is 1. The molecule has 0 radical (unpaired) electrons. The average molecular weight is 472 g/mol. The van der Waals surface area contributed by atoms with Gasteiger partial charge in [-0.15, -0.1) is 0 Å². The molecule has 0 saturated carbocycles. The third kappa shape index (κ3) is 1.99. The molecule has 134 valence electrons. The molecule has 6 rings (SSSR count). The Hall–Kier alpha value is -2.35. The molecule has 4 aliphatic rings. The summed E-state index contributed by atoms with van der Waals surface area (Å²) >= 11 is -1.14. The molecule has 2 aromatic rings. The summed E-state index contributed by atoms with van der Waals surface area (Å²) in [4.78, 5) is 25.3. The van der Waals surface area contributed by atoms with Gasteiger partial charge in [0.05, 0.1) is 0 Å². The standard InChI is InChI=1S/C22H16O4Te/c1-25-20(23)18-17-11-14-12-7-3-5-9-15(12)22(17,27-19(18)21(24)26-2)16-10-6-4-8-13(14)16/h3-11,14H,1-2H3. The molecular formula is C22H16O4Te. The fraction of sp³-hybridized carbons (Fsp3) is 0.182. The second kappa shape index (κ2) is 5.82. The van der Waals surface area contributed by atoms with Crippen molar-refractivity contribution >= 4 is 32.9 Å². The van der Waals surface area contributed by atoms with Gasteiger partial charge in [-0.2, -0.15) is 0 Å². The summed E-state index contributed by atoms with van der Waals surface area (Å²) in [5, 5.41) is 0. The SMILES string of the molecule is COC(=O)C1=C(C(=O)OC)C2=CC3c4ccccc4C2([Te]1)c1ccccc13. The molecular weight excluding hydrogens is 456 g/mol. The molecule has 0 saturated heterocycles. The van der Waals surface area contributed by atoms with Crippen LogP contribution in [-0.4, -0.2) is 47.1 Å². The number of esters is 2. The third-order valence-corrected chi connectivity index (χ3v) is 9.97. The summed E-state index contributed by atoms with van der Waals surface area (Å²) in [6.45, 7) is 0. The third-order valence-electron chi connectivity index (χ3n) is 5.57. The Kier molecular flexibility index (Phi) is 3.62. The number of hydrogen-bond acceptors (Lipinski definition) is 4. The van der Waals surface area contributed by atoms with Crippen LogP contribution in [0.25, 0.3) is 0 Å². The molecule has 0 fully saturated rings. The van der Waals surface area contributed by atoms with Crippen molar-refractivity contribution in [1.82, 2.24) is 0 Å². The first kappa shape index (κ1) is 16.8. The summed E-state index contributed by atoms with van der Waals surface area (Å²) in [5.74, 6) is -0.787. The molecule has 0 aromatic heterocycles. The number of carbonyl (C=O) groups is 2. The molecule has 1 spiro atoms. The summed E-state index contributed by atoms with van der Waals surface area (Å²) < 4.78 is 10.2. The minimum absolute atomic E-state index is 0.0818. The minimum atomic E-state index is -1.14. The predicted molar refractivity (Wildman–Crippen MR) is 100 cm³/mol. The van der Waals surface area contributed by atoms with Crippen LogP contribution in [0.4, 0.5) is 0 Å². The van der Waals surface area contributed by atoms with E-state index in [2.05, 4.69) is 42.5 Å². The summed E-state index contributed by atoms with van der Waals surface area (Å²) in [6, 6.07) is 16.8. The van der Waals surface area contributed by atoms with E-state index in [1.54, 1.807) is 0 Å². The van der Waals surface area contributed by atoms with Gasteiger partial charge in [-0.05, 0) is 0 Å². The van der Waals surface area contributed by atoms with Gasteiger partial charge in [-0.3, -0.25) is 0 Å². The quantitative estimate of drug-likeness (QED) is 0.499. The molecule has 27 heavy (non-hydrogen) atoms. The molecule has 0 amide bonds. The van der Waals surface area contributed by atoms with E-state index < -0.39 is 36.3 Å². The Morgan fingerprint density at radius 3 is 2.00 bits per heavy atom. The summed E-state index contributed by atoms with van der Waals surface area (Å²) in [6.07, 6.45) is 2.16. The molecule has 1 aliphatic heterocycles. The molecule has 4 nitrogen and oxygen atoms in total. The normalized spacial score (nSPS) is 23.9. The van der Waals surface area contributed by atoms with Gasteiger partial charge < -0.3 is 0 Å². The van der Waals surface area contributed by atoms with E-state index in [9.17, 15) is 9.59 Å². The van der Waals surface area contributed by atoms with Crippen molar-refractivity contribution in [2.45, 2.75) is 9.38 Å². The predicted octanol–water partition coefficient (Wildman–Crippen LogP) is 2.63. The van der Waals surface area contributed by atoms with Gasteiger partial charge in [0.2, 0.25) is 0 Å². The first-order valence-corrected chi connectivity index (χ1v) is 11.0. The molecule has 5 heteroatoms. The van der Waals surface area contributed by atoms with E-state index in [1.807, 2.05) is 12.1 Å². The molecule has 0 atom stereocenters. The van der Waals surface area contributed by atoms with Crippen molar-refractivity contribution in [2.75, 3.05) is 14.2 Å². The van der Waals surface area contributed by atoms with Crippen LogP contribution >= 0.6 is 0 Å². The van der Waals surface area contributed by atoms with E-state index in [1.165, 1.54) is 36.5 Å². The van der Waals surface area contributed by atoms with Crippen LogP contribution < -0.4 is 0 Å². The van der Waals surface area contributed by atoms with Crippen LogP contribution in [0, 0.1) is 0 Å². The average Bonchev–Trinajstić information content (AvgIpc) is 3.09. The maximum absolute atomic E-state index is 12.7. The second-order valence-corrected chi connectivity index (χ2v) is 10.2. The Bertz CT molecular complexity index is 1030. The van der Waals surface area contributed by atoms with E-state index in [4.69, 9.17) is 9.47 Å². The van der Waals surface area contributed by atoms with Gasteiger partial charge in [-0.25, -0.2) is 0 Å². The van der Waals surface area contributed by atoms with Gasteiger partial charge in [0.15, 0.2) is 0 Å². The van der Waals surface area contributed by atoms with Gasteiger partial charge in [0, 0.05) is 0 Å². The van der Waals surface area contributed by atoms with Gasteiger partial charge in [-0.1, -0.05) is 0 Å². The van der Waals surface area contributed by atoms with Crippen LogP contribution in [0.3, 0.4) is 0 Å². The Balaban J connectivity index is 1.85.